The van der Waals surface area contributed by atoms with Crippen LogP contribution in [0.25, 0.3) is 0 Å². The van der Waals surface area contributed by atoms with Gasteiger partial charge in [0, 0.05) is 6.20 Å². The molecule has 1 rings (SSSR count). The highest BCUT2D eigenvalue weighted by Crippen LogP contribution is 2.00. The van der Waals surface area contributed by atoms with Gasteiger partial charge in [0.05, 0.1) is 0 Å². The lowest BCUT2D eigenvalue weighted by Gasteiger charge is -1.99. The number of nitrogens with one attached hydrogen (secondary N) is 2. The Labute approximate surface area is 73.2 Å². The molecule has 66 valence electrons. The molecule has 0 atom stereocenters. The van der Waals surface area contributed by atoms with Gasteiger partial charge in [0.15, 0.2) is 0 Å². The van der Waals surface area contributed by atoms with Gasteiger partial charge in [0.2, 0.25) is 0 Å². The highest BCUT2D eigenvalue weighted by molar-refractivity contribution is 5.07. The van der Waals surface area contributed by atoms with Crippen LogP contribution in [-0.4, -0.2) is 4.98 Å². The van der Waals surface area contributed by atoms with Gasteiger partial charge in [-0.1, -0.05) is 25.8 Å². The second-order valence-electron chi connectivity index (χ2n) is 3.03. The van der Waals surface area contributed by atoms with E-state index >= 15 is 0 Å². The van der Waals surface area contributed by atoms with Crippen LogP contribution < -0.4 is 5.49 Å². The predicted molar refractivity (Wildman–Crippen MR) is 49.9 cm³/mol. The molecule has 0 bridgehead atoms. The van der Waals surface area contributed by atoms with Gasteiger partial charge in [0.1, 0.15) is 5.49 Å². The van der Waals surface area contributed by atoms with Gasteiger partial charge in [-0.15, -0.1) is 0 Å². The summed E-state index contributed by atoms with van der Waals surface area (Å²) >= 11 is 0. The first kappa shape index (κ1) is 9.04. The van der Waals surface area contributed by atoms with Crippen molar-refractivity contribution in [1.29, 1.82) is 5.41 Å². The quantitative estimate of drug-likeness (QED) is 0.641. The van der Waals surface area contributed by atoms with E-state index in [1.165, 1.54) is 19.3 Å². The lowest BCUT2D eigenvalue weighted by atomic mass is 10.1. The van der Waals surface area contributed by atoms with Crippen LogP contribution in [0.3, 0.4) is 0 Å². The lowest BCUT2D eigenvalue weighted by molar-refractivity contribution is 0.710. The van der Waals surface area contributed by atoms with E-state index < -0.39 is 0 Å². The zero-order valence-electron chi connectivity index (χ0n) is 7.56. The van der Waals surface area contributed by atoms with Crippen molar-refractivity contribution in [3.05, 3.63) is 29.4 Å². The maximum absolute atomic E-state index is 7.55. The van der Waals surface area contributed by atoms with Crippen LogP contribution in [0.2, 0.25) is 0 Å². The molecule has 2 nitrogen and oxygen atoms in total. The third-order valence-corrected chi connectivity index (χ3v) is 1.99. The van der Waals surface area contributed by atoms with E-state index in [0.717, 1.165) is 12.0 Å². The van der Waals surface area contributed by atoms with Crippen molar-refractivity contribution in [2.24, 2.45) is 0 Å². The molecule has 0 aliphatic heterocycles. The van der Waals surface area contributed by atoms with Crippen molar-refractivity contribution >= 4 is 0 Å². The first-order valence-electron chi connectivity index (χ1n) is 4.55. The smallest absolute Gasteiger partial charge is 0.125 e. The van der Waals surface area contributed by atoms with Crippen LogP contribution >= 0.6 is 0 Å². The summed E-state index contributed by atoms with van der Waals surface area (Å²) < 4.78 is 0. The Kier molecular flexibility index (Phi) is 3.58. The van der Waals surface area contributed by atoms with Gasteiger partial charge in [-0.2, -0.15) is 0 Å². The Hall–Kier alpha value is -1.05. The molecular formula is C10H16N2. The first-order valence-corrected chi connectivity index (χ1v) is 4.55. The summed E-state index contributed by atoms with van der Waals surface area (Å²) in [6, 6.07) is 3.98. The van der Waals surface area contributed by atoms with E-state index in [0.29, 0.717) is 5.49 Å². The van der Waals surface area contributed by atoms with Crippen LogP contribution in [0.5, 0.6) is 0 Å². The fraction of sp³-hybridized carbons (Fsp3) is 0.500. The van der Waals surface area contributed by atoms with E-state index in [-0.39, 0.29) is 0 Å². The summed E-state index contributed by atoms with van der Waals surface area (Å²) in [5.41, 5.74) is 1.69. The average Bonchev–Trinajstić information content (AvgIpc) is 2.09. The monoisotopic (exact) mass is 164 g/mol. The number of unbranched alkanes of at least 4 members (excludes halogenated alkanes) is 2. The maximum atomic E-state index is 7.55. The van der Waals surface area contributed by atoms with Crippen LogP contribution in [0.15, 0.2) is 18.3 Å². The first-order chi connectivity index (χ1) is 5.84. The molecule has 0 radical (unpaired) electrons. The highest BCUT2D eigenvalue weighted by atomic mass is 14.7. The molecule has 0 aromatic carbocycles. The minimum Gasteiger partial charge on any atom is -0.347 e. The minimum atomic E-state index is 0.564. The molecule has 0 aliphatic carbocycles. The molecule has 1 heterocycles. The van der Waals surface area contributed by atoms with Crippen LogP contribution in [-0.2, 0) is 6.42 Å². The van der Waals surface area contributed by atoms with Gasteiger partial charge >= 0.3 is 0 Å². The second kappa shape index (κ2) is 4.75. The fourth-order valence-corrected chi connectivity index (χ4v) is 1.25. The summed E-state index contributed by atoms with van der Waals surface area (Å²) in [6.45, 7) is 2.19. The topological polar surface area (TPSA) is 39.6 Å². The third-order valence-electron chi connectivity index (χ3n) is 1.99. The number of rotatable bonds is 4. The van der Waals surface area contributed by atoms with Crippen molar-refractivity contribution in [3.63, 3.8) is 0 Å². The molecular weight excluding hydrogens is 148 g/mol. The number of hydrogen-bond donors (Lipinski definition) is 2. The van der Waals surface area contributed by atoms with Gasteiger partial charge in [-0.3, -0.25) is 5.41 Å². The van der Waals surface area contributed by atoms with Gasteiger partial charge in [0.25, 0.3) is 0 Å². The summed E-state index contributed by atoms with van der Waals surface area (Å²) in [5, 5.41) is 7.55. The summed E-state index contributed by atoms with van der Waals surface area (Å²) in [5.74, 6) is 0. The van der Waals surface area contributed by atoms with Gasteiger partial charge in [-0.25, -0.2) is 0 Å². The Bertz CT molecular complexity index is 275. The summed E-state index contributed by atoms with van der Waals surface area (Å²) in [4.78, 5) is 2.89. The Morgan fingerprint density at radius 2 is 2.25 bits per heavy atom. The van der Waals surface area contributed by atoms with Crippen molar-refractivity contribution in [3.8, 4) is 0 Å². The van der Waals surface area contributed by atoms with Crippen LogP contribution in [0.1, 0.15) is 31.7 Å². The fourth-order valence-electron chi connectivity index (χ4n) is 1.25. The van der Waals surface area contributed by atoms with Crippen molar-refractivity contribution in [1.82, 2.24) is 4.98 Å². The van der Waals surface area contributed by atoms with E-state index in [2.05, 4.69) is 11.9 Å². The zero-order valence-corrected chi connectivity index (χ0v) is 7.56. The number of pyridine rings is 1. The van der Waals surface area contributed by atoms with Gasteiger partial charge < -0.3 is 4.98 Å². The third kappa shape index (κ3) is 2.53. The van der Waals surface area contributed by atoms with E-state index in [9.17, 15) is 0 Å². The molecule has 0 unspecified atom stereocenters. The molecule has 1 aromatic rings. The SMILES string of the molecule is CCCCCc1ccc[nH]c1=N. The van der Waals surface area contributed by atoms with Gasteiger partial charge in [-0.05, 0) is 24.5 Å². The number of aromatic nitrogens is 1. The largest absolute Gasteiger partial charge is 0.347 e. The number of hydrogen-bond acceptors (Lipinski definition) is 1. The number of H-pyrrole nitrogens is 1. The molecule has 2 N–H and O–H groups in total. The standard InChI is InChI=1S/C10H16N2/c1-2-3-4-6-9-7-5-8-12-10(9)11/h5,7-8H,2-4,6H2,1H3,(H2,11,12). The summed E-state index contributed by atoms with van der Waals surface area (Å²) in [7, 11) is 0. The van der Waals surface area contributed by atoms with E-state index in [4.69, 9.17) is 5.41 Å². The molecule has 1 aromatic heterocycles. The zero-order chi connectivity index (χ0) is 8.81. The minimum absolute atomic E-state index is 0.564. The van der Waals surface area contributed by atoms with E-state index in [1.807, 2.05) is 12.1 Å². The molecule has 0 amide bonds. The Morgan fingerprint density at radius 1 is 1.42 bits per heavy atom. The van der Waals surface area contributed by atoms with E-state index in [1.54, 1.807) is 6.20 Å². The molecule has 2 heteroatoms. The normalized spacial score (nSPS) is 10.1. The second-order valence-corrected chi connectivity index (χ2v) is 3.03. The lowest BCUT2D eigenvalue weighted by Crippen LogP contribution is -2.10. The van der Waals surface area contributed by atoms with Crippen molar-refractivity contribution in [2.45, 2.75) is 32.6 Å². The number of aromatic amines is 1. The summed E-state index contributed by atoms with van der Waals surface area (Å²) in [6.07, 6.45) is 6.52. The maximum Gasteiger partial charge on any atom is 0.125 e. The van der Waals surface area contributed by atoms with Crippen LogP contribution in [0.4, 0.5) is 0 Å². The number of aryl methyl sites for hydroxylation is 1. The van der Waals surface area contributed by atoms with Crippen molar-refractivity contribution in [2.75, 3.05) is 0 Å². The van der Waals surface area contributed by atoms with Crippen molar-refractivity contribution < 1.29 is 0 Å². The molecule has 0 spiro atoms. The van der Waals surface area contributed by atoms with Crippen LogP contribution in [0, 0.1) is 5.41 Å². The molecule has 0 aliphatic rings. The molecule has 0 saturated heterocycles. The molecule has 12 heavy (non-hydrogen) atoms. The Balaban J connectivity index is 2.52. The average molecular weight is 164 g/mol. The molecule has 0 fully saturated rings. The molecule has 0 saturated carbocycles. The highest BCUT2D eigenvalue weighted by Gasteiger charge is 1.93. The predicted octanol–water partition coefficient (Wildman–Crippen LogP) is 2.23. The Morgan fingerprint density at radius 3 is 2.92 bits per heavy atom.